The third kappa shape index (κ3) is 3.81. The molecule has 188 valence electrons. The molecule has 1 heterocycles. The highest BCUT2D eigenvalue weighted by molar-refractivity contribution is 6.19. The number of hydrogen-bond acceptors (Lipinski definition) is 2. The first-order chi connectivity index (χ1) is 17.4. The lowest BCUT2D eigenvalue weighted by Gasteiger charge is -2.58. The largest absolute Gasteiger partial charge is 0.348 e. The van der Waals surface area contributed by atoms with Gasteiger partial charge in [-0.15, -0.1) is 0 Å². The average molecular weight is 483 g/mol. The average Bonchev–Trinajstić information content (AvgIpc) is 3.30. The first-order valence-electron chi connectivity index (χ1n) is 13.8. The van der Waals surface area contributed by atoms with Crippen molar-refractivity contribution in [2.45, 2.75) is 70.9 Å². The maximum Gasteiger partial charge on any atom is 0.257 e. The van der Waals surface area contributed by atoms with Crippen molar-refractivity contribution in [3.05, 3.63) is 83.4 Å². The van der Waals surface area contributed by atoms with Crippen molar-refractivity contribution < 1.29 is 9.59 Å². The molecule has 6 rings (SSSR count). The van der Waals surface area contributed by atoms with Gasteiger partial charge in [0, 0.05) is 11.5 Å². The Balaban J connectivity index is 1.31. The Bertz CT molecular complexity index is 1140. The topological polar surface area (TPSA) is 58.2 Å². The Morgan fingerprint density at radius 1 is 0.889 bits per heavy atom. The van der Waals surface area contributed by atoms with E-state index in [2.05, 4.69) is 30.6 Å². The highest BCUT2D eigenvalue weighted by Gasteiger charge is 2.58. The first kappa shape index (κ1) is 23.5. The van der Waals surface area contributed by atoms with Gasteiger partial charge in [-0.2, -0.15) is 0 Å². The Kier molecular flexibility index (Phi) is 5.81. The number of carbonyl (C=O) groups excluding carboxylic acids is 2. The number of amides is 2. The summed E-state index contributed by atoms with van der Waals surface area (Å²) in [6.45, 7) is 4.82. The van der Waals surface area contributed by atoms with Crippen molar-refractivity contribution >= 4 is 11.8 Å². The third-order valence-electron chi connectivity index (χ3n) is 10.3. The van der Waals surface area contributed by atoms with Gasteiger partial charge in [-0.3, -0.25) is 9.59 Å². The second kappa shape index (κ2) is 8.90. The number of carbonyl (C=O) groups is 2. The van der Waals surface area contributed by atoms with Crippen LogP contribution >= 0.6 is 0 Å². The lowest BCUT2D eigenvalue weighted by Crippen LogP contribution is -2.60. The van der Waals surface area contributed by atoms with Crippen LogP contribution in [0.15, 0.2) is 72.3 Å². The Labute approximate surface area is 214 Å². The van der Waals surface area contributed by atoms with Crippen LogP contribution < -0.4 is 10.6 Å². The summed E-state index contributed by atoms with van der Waals surface area (Å²) in [4.78, 5) is 27.0. The van der Waals surface area contributed by atoms with E-state index < -0.39 is 0 Å². The Hall–Kier alpha value is -2.88. The predicted octanol–water partition coefficient (Wildman–Crippen LogP) is 5.95. The fraction of sp³-hybridized carbons (Fsp3) is 0.500. The van der Waals surface area contributed by atoms with Gasteiger partial charge >= 0.3 is 0 Å². The molecule has 1 aliphatic heterocycles. The minimum Gasteiger partial charge on any atom is -0.348 e. The van der Waals surface area contributed by atoms with Gasteiger partial charge in [0.25, 0.3) is 11.8 Å². The minimum atomic E-state index is -0.313. The van der Waals surface area contributed by atoms with Crippen molar-refractivity contribution in [2.75, 3.05) is 0 Å². The van der Waals surface area contributed by atoms with Crippen LogP contribution in [0.4, 0.5) is 0 Å². The molecule has 2 aromatic carbocycles. The number of benzene rings is 2. The predicted molar refractivity (Wildman–Crippen MR) is 142 cm³/mol. The van der Waals surface area contributed by atoms with E-state index in [9.17, 15) is 9.59 Å². The van der Waals surface area contributed by atoms with Crippen LogP contribution in [0.2, 0.25) is 0 Å². The fourth-order valence-corrected chi connectivity index (χ4v) is 8.46. The monoisotopic (exact) mass is 482 g/mol. The van der Waals surface area contributed by atoms with Crippen LogP contribution in [0.1, 0.15) is 76.0 Å². The molecule has 0 saturated heterocycles. The fourth-order valence-electron chi connectivity index (χ4n) is 8.46. The van der Waals surface area contributed by atoms with Gasteiger partial charge in [0.15, 0.2) is 0 Å². The van der Waals surface area contributed by atoms with Gasteiger partial charge in [-0.1, -0.05) is 87.0 Å². The zero-order valence-electron chi connectivity index (χ0n) is 21.5. The highest BCUT2D eigenvalue weighted by Crippen LogP contribution is 2.63. The SMILES string of the molecule is C[C@@]12CCC[C@H]1[C@@H]1CCC3NC(=O)C(C(=O)NC(c4ccccc4)c4ccccc4)=C[C@]3(C)[C@@H]1CC2. The van der Waals surface area contributed by atoms with E-state index in [1.165, 1.54) is 38.5 Å². The maximum absolute atomic E-state index is 13.7. The molecule has 3 aliphatic carbocycles. The van der Waals surface area contributed by atoms with Crippen LogP contribution in [0.25, 0.3) is 0 Å². The molecule has 4 aliphatic rings. The summed E-state index contributed by atoms with van der Waals surface area (Å²) in [5.74, 6) is 1.50. The summed E-state index contributed by atoms with van der Waals surface area (Å²) in [6, 6.07) is 19.8. The molecule has 3 fully saturated rings. The zero-order valence-corrected chi connectivity index (χ0v) is 21.5. The number of rotatable bonds is 4. The van der Waals surface area contributed by atoms with E-state index in [0.717, 1.165) is 23.5 Å². The normalized spacial score (nSPS) is 35.2. The first-order valence-corrected chi connectivity index (χ1v) is 13.8. The molecular weight excluding hydrogens is 444 g/mol. The molecule has 6 atom stereocenters. The van der Waals surface area contributed by atoms with Crippen LogP contribution in [-0.4, -0.2) is 17.9 Å². The smallest absolute Gasteiger partial charge is 0.257 e. The van der Waals surface area contributed by atoms with E-state index in [0.29, 0.717) is 17.3 Å². The number of fused-ring (bicyclic) bond motifs is 5. The van der Waals surface area contributed by atoms with Crippen LogP contribution in [0.3, 0.4) is 0 Å². The van der Waals surface area contributed by atoms with Gasteiger partial charge in [-0.05, 0) is 72.8 Å². The maximum atomic E-state index is 13.7. The molecular formula is C32H38N2O2. The van der Waals surface area contributed by atoms with Crippen molar-refractivity contribution in [3.8, 4) is 0 Å². The summed E-state index contributed by atoms with van der Waals surface area (Å²) in [5.41, 5.74) is 2.60. The molecule has 36 heavy (non-hydrogen) atoms. The van der Waals surface area contributed by atoms with Crippen LogP contribution in [-0.2, 0) is 9.59 Å². The van der Waals surface area contributed by atoms with Crippen molar-refractivity contribution in [1.29, 1.82) is 0 Å². The second-order valence-electron chi connectivity index (χ2n) is 12.2. The summed E-state index contributed by atoms with van der Waals surface area (Å²) in [7, 11) is 0. The van der Waals surface area contributed by atoms with Crippen molar-refractivity contribution in [3.63, 3.8) is 0 Å². The van der Waals surface area contributed by atoms with Gasteiger partial charge in [-0.25, -0.2) is 0 Å². The molecule has 2 amide bonds. The molecule has 0 aromatic heterocycles. The van der Waals surface area contributed by atoms with Gasteiger partial charge < -0.3 is 10.6 Å². The standard InChI is InChI=1S/C32H38N2O2/c1-31-18-9-14-25(31)23-15-16-27-32(2,26(23)17-19-31)20-24(29(35)33-27)30(36)34-28(21-10-5-3-6-11-21)22-12-7-4-8-13-22/h3-8,10-13,20,23,25-28H,9,14-19H2,1-2H3,(H,33,35)(H,34,36)/t23-,25-,26+,27?,31-,32+/m0/s1. The lowest BCUT2D eigenvalue weighted by atomic mass is 9.48. The summed E-state index contributed by atoms with van der Waals surface area (Å²) in [6.07, 6.45) is 10.8. The number of hydrogen-bond donors (Lipinski definition) is 2. The quantitative estimate of drug-likeness (QED) is 0.529. The molecule has 4 heteroatoms. The molecule has 0 bridgehead atoms. The van der Waals surface area contributed by atoms with E-state index in [-0.39, 0.29) is 34.9 Å². The molecule has 0 spiro atoms. The van der Waals surface area contributed by atoms with E-state index in [1.54, 1.807) is 0 Å². The van der Waals surface area contributed by atoms with E-state index in [4.69, 9.17) is 0 Å². The van der Waals surface area contributed by atoms with Gasteiger partial charge in [0.1, 0.15) is 5.57 Å². The molecule has 1 unspecified atom stereocenters. The highest BCUT2D eigenvalue weighted by atomic mass is 16.2. The van der Waals surface area contributed by atoms with E-state index in [1.807, 2.05) is 60.7 Å². The molecule has 0 radical (unpaired) electrons. The van der Waals surface area contributed by atoms with Crippen LogP contribution in [0, 0.1) is 28.6 Å². The Morgan fingerprint density at radius 3 is 2.22 bits per heavy atom. The van der Waals surface area contributed by atoms with Crippen LogP contribution in [0.5, 0.6) is 0 Å². The molecule has 4 nitrogen and oxygen atoms in total. The minimum absolute atomic E-state index is 0.118. The molecule has 3 saturated carbocycles. The summed E-state index contributed by atoms with van der Waals surface area (Å²) < 4.78 is 0. The molecule has 2 N–H and O–H groups in total. The van der Waals surface area contributed by atoms with Crippen molar-refractivity contribution in [2.24, 2.45) is 28.6 Å². The number of nitrogens with one attached hydrogen (secondary N) is 2. The third-order valence-corrected chi connectivity index (χ3v) is 10.3. The second-order valence-corrected chi connectivity index (χ2v) is 12.2. The van der Waals surface area contributed by atoms with Gasteiger partial charge in [0.2, 0.25) is 0 Å². The summed E-state index contributed by atoms with van der Waals surface area (Å²) in [5, 5.41) is 6.49. The molecule has 2 aromatic rings. The van der Waals surface area contributed by atoms with Gasteiger partial charge in [0.05, 0.1) is 6.04 Å². The van der Waals surface area contributed by atoms with E-state index >= 15 is 0 Å². The Morgan fingerprint density at radius 2 is 1.56 bits per heavy atom. The zero-order chi connectivity index (χ0) is 24.9. The van der Waals surface area contributed by atoms with Crippen molar-refractivity contribution in [1.82, 2.24) is 10.6 Å². The summed E-state index contributed by atoms with van der Waals surface area (Å²) >= 11 is 0. The lowest BCUT2D eigenvalue weighted by molar-refractivity contribution is -0.128.